The van der Waals surface area contributed by atoms with Gasteiger partial charge in [0, 0.05) is 18.2 Å². The Morgan fingerprint density at radius 2 is 2.06 bits per heavy atom. The molecule has 0 spiro atoms. The summed E-state index contributed by atoms with van der Waals surface area (Å²) < 4.78 is 26.0. The average molecular weight is 266 g/mol. The molecule has 2 rings (SSSR count). The number of hydrogen-bond donors (Lipinski definition) is 2. The number of fused-ring (bicyclic) bond motifs is 1. The first-order chi connectivity index (χ1) is 8.62. The van der Waals surface area contributed by atoms with Gasteiger partial charge in [-0.1, -0.05) is 6.07 Å². The smallest absolute Gasteiger partial charge is 0.232 e. The van der Waals surface area contributed by atoms with E-state index in [-0.39, 0.29) is 18.8 Å². The van der Waals surface area contributed by atoms with E-state index in [1.807, 2.05) is 12.1 Å². The second-order valence-electron chi connectivity index (χ2n) is 3.87. The molecule has 0 amide bonds. The van der Waals surface area contributed by atoms with E-state index in [9.17, 15) is 8.42 Å². The molecule has 96 valence electrons. The lowest BCUT2D eigenvalue weighted by molar-refractivity contribution is 0.295. The molecule has 0 bridgehead atoms. The van der Waals surface area contributed by atoms with Gasteiger partial charge in [-0.15, -0.1) is 0 Å². The summed E-state index contributed by atoms with van der Waals surface area (Å²) in [6, 6.07) is 8.83. The summed E-state index contributed by atoms with van der Waals surface area (Å²) in [6.45, 7) is -0.141. The van der Waals surface area contributed by atoms with Crippen LogP contribution in [0.4, 0.5) is 5.69 Å². The molecule has 0 aliphatic heterocycles. The van der Waals surface area contributed by atoms with Gasteiger partial charge in [0.1, 0.15) is 0 Å². The number of sulfonamides is 1. The Bertz CT molecular complexity index is 635. The maximum atomic E-state index is 11.8. The highest BCUT2D eigenvalue weighted by Gasteiger charge is 2.11. The molecule has 2 aromatic rings. The van der Waals surface area contributed by atoms with Crippen molar-refractivity contribution in [3.63, 3.8) is 0 Å². The second kappa shape index (κ2) is 5.32. The summed E-state index contributed by atoms with van der Waals surface area (Å²) in [6.07, 6.45) is 1.88. The Balaban J connectivity index is 2.32. The number of anilines is 1. The minimum atomic E-state index is -3.43. The van der Waals surface area contributed by atoms with E-state index in [0.29, 0.717) is 5.69 Å². The third-order valence-electron chi connectivity index (χ3n) is 2.48. The number of aliphatic hydroxyl groups is 1. The van der Waals surface area contributed by atoms with Crippen LogP contribution in [0, 0.1) is 0 Å². The zero-order valence-electron chi connectivity index (χ0n) is 9.70. The first-order valence-corrected chi connectivity index (χ1v) is 7.23. The zero-order valence-corrected chi connectivity index (χ0v) is 10.5. The van der Waals surface area contributed by atoms with E-state index in [2.05, 4.69) is 9.71 Å². The highest BCUT2D eigenvalue weighted by atomic mass is 32.2. The number of rotatable bonds is 5. The number of nitrogens with one attached hydrogen (secondary N) is 1. The third kappa shape index (κ3) is 2.96. The van der Waals surface area contributed by atoms with Crippen LogP contribution in [0.1, 0.15) is 6.42 Å². The fraction of sp³-hybridized carbons (Fsp3) is 0.250. The van der Waals surface area contributed by atoms with Crippen LogP contribution in [0.2, 0.25) is 0 Å². The van der Waals surface area contributed by atoms with Crippen LogP contribution < -0.4 is 4.72 Å². The summed E-state index contributed by atoms with van der Waals surface area (Å²) >= 11 is 0. The standard InChI is InChI=1S/C12H14N2O3S/c15-8-3-9-18(16,17)14-12-6-1-5-11-10(12)4-2-7-13-11/h1-2,4-7,14-15H,3,8-9H2. The van der Waals surface area contributed by atoms with Crippen molar-refractivity contribution in [3.8, 4) is 0 Å². The lowest BCUT2D eigenvalue weighted by Gasteiger charge is -2.09. The van der Waals surface area contributed by atoms with Gasteiger partial charge in [0.05, 0.1) is 17.0 Å². The van der Waals surface area contributed by atoms with Crippen LogP contribution in [0.25, 0.3) is 10.9 Å². The number of benzene rings is 1. The Morgan fingerprint density at radius 1 is 1.22 bits per heavy atom. The van der Waals surface area contributed by atoms with Crippen molar-refractivity contribution in [2.75, 3.05) is 17.1 Å². The van der Waals surface area contributed by atoms with Gasteiger partial charge in [-0.3, -0.25) is 9.71 Å². The van der Waals surface area contributed by atoms with Crippen LogP contribution in [-0.2, 0) is 10.0 Å². The molecule has 18 heavy (non-hydrogen) atoms. The summed E-state index contributed by atoms with van der Waals surface area (Å²) in [5.74, 6) is -0.0971. The molecule has 1 aromatic carbocycles. The Labute approximate surface area is 106 Å². The van der Waals surface area contributed by atoms with Crippen molar-refractivity contribution >= 4 is 26.6 Å². The van der Waals surface area contributed by atoms with E-state index < -0.39 is 10.0 Å². The lowest BCUT2D eigenvalue weighted by Crippen LogP contribution is -2.17. The summed E-state index contributed by atoms with van der Waals surface area (Å²) in [5.41, 5.74) is 1.25. The Hall–Kier alpha value is -1.66. The fourth-order valence-corrected chi connectivity index (χ4v) is 2.79. The summed E-state index contributed by atoms with van der Waals surface area (Å²) in [7, 11) is -3.43. The second-order valence-corrected chi connectivity index (χ2v) is 5.72. The van der Waals surface area contributed by atoms with Gasteiger partial charge in [-0.25, -0.2) is 8.42 Å². The molecule has 5 nitrogen and oxygen atoms in total. The monoisotopic (exact) mass is 266 g/mol. The highest BCUT2D eigenvalue weighted by molar-refractivity contribution is 7.92. The van der Waals surface area contributed by atoms with Crippen LogP contribution >= 0.6 is 0 Å². The quantitative estimate of drug-likeness (QED) is 0.856. The summed E-state index contributed by atoms with van der Waals surface area (Å²) in [4.78, 5) is 4.16. The number of aliphatic hydroxyl groups excluding tert-OH is 1. The van der Waals surface area contributed by atoms with Gasteiger partial charge in [0.2, 0.25) is 10.0 Å². The first-order valence-electron chi connectivity index (χ1n) is 5.57. The molecule has 1 heterocycles. The first kappa shape index (κ1) is 12.8. The van der Waals surface area contributed by atoms with Gasteiger partial charge in [-0.05, 0) is 30.7 Å². The van der Waals surface area contributed by atoms with Crippen LogP contribution in [0.15, 0.2) is 36.5 Å². The lowest BCUT2D eigenvalue weighted by atomic mass is 10.2. The van der Waals surface area contributed by atoms with Gasteiger partial charge < -0.3 is 5.11 Å². The SMILES string of the molecule is O=S(=O)(CCCO)Nc1cccc2ncccc12. The number of pyridine rings is 1. The van der Waals surface area contributed by atoms with E-state index >= 15 is 0 Å². The topological polar surface area (TPSA) is 79.3 Å². The molecular weight excluding hydrogens is 252 g/mol. The zero-order chi connectivity index (χ0) is 13.0. The molecule has 0 radical (unpaired) electrons. The van der Waals surface area contributed by atoms with Crippen molar-refractivity contribution in [2.24, 2.45) is 0 Å². The Kier molecular flexibility index (Phi) is 3.78. The van der Waals surface area contributed by atoms with Crippen LogP contribution in [0.3, 0.4) is 0 Å². The van der Waals surface area contributed by atoms with Crippen molar-refractivity contribution in [3.05, 3.63) is 36.5 Å². The number of hydrogen-bond acceptors (Lipinski definition) is 4. The van der Waals surface area contributed by atoms with Crippen molar-refractivity contribution in [2.45, 2.75) is 6.42 Å². The minimum Gasteiger partial charge on any atom is -0.396 e. The number of nitrogens with zero attached hydrogens (tertiary/aromatic N) is 1. The normalized spacial score (nSPS) is 11.6. The van der Waals surface area contributed by atoms with Crippen LogP contribution in [0.5, 0.6) is 0 Å². The molecule has 0 saturated heterocycles. The van der Waals surface area contributed by atoms with Crippen molar-refractivity contribution in [1.82, 2.24) is 4.98 Å². The molecule has 0 aliphatic carbocycles. The fourth-order valence-electron chi connectivity index (χ4n) is 1.67. The molecule has 1 aromatic heterocycles. The number of aromatic nitrogens is 1. The summed E-state index contributed by atoms with van der Waals surface area (Å²) in [5, 5.41) is 9.42. The molecule has 0 fully saturated rings. The van der Waals surface area contributed by atoms with Gasteiger partial charge in [-0.2, -0.15) is 0 Å². The molecule has 2 N–H and O–H groups in total. The van der Waals surface area contributed by atoms with Gasteiger partial charge in [0.15, 0.2) is 0 Å². The van der Waals surface area contributed by atoms with Crippen molar-refractivity contribution in [1.29, 1.82) is 0 Å². The highest BCUT2D eigenvalue weighted by Crippen LogP contribution is 2.22. The molecule has 6 heteroatoms. The molecule has 0 saturated carbocycles. The predicted octanol–water partition coefficient (Wildman–Crippen LogP) is 1.36. The van der Waals surface area contributed by atoms with E-state index in [4.69, 9.17) is 5.11 Å². The predicted molar refractivity (Wildman–Crippen MR) is 70.9 cm³/mol. The van der Waals surface area contributed by atoms with E-state index in [0.717, 1.165) is 10.9 Å². The largest absolute Gasteiger partial charge is 0.396 e. The van der Waals surface area contributed by atoms with Gasteiger partial charge >= 0.3 is 0 Å². The van der Waals surface area contributed by atoms with Crippen molar-refractivity contribution < 1.29 is 13.5 Å². The molecular formula is C12H14N2O3S. The van der Waals surface area contributed by atoms with Crippen LogP contribution in [-0.4, -0.2) is 30.9 Å². The van der Waals surface area contributed by atoms with E-state index in [1.54, 1.807) is 24.4 Å². The average Bonchev–Trinajstić information content (AvgIpc) is 2.37. The maximum absolute atomic E-state index is 11.8. The molecule has 0 atom stereocenters. The maximum Gasteiger partial charge on any atom is 0.232 e. The van der Waals surface area contributed by atoms with Gasteiger partial charge in [0.25, 0.3) is 0 Å². The third-order valence-corrected chi connectivity index (χ3v) is 3.84. The molecule has 0 aliphatic rings. The molecule has 0 unspecified atom stereocenters. The Morgan fingerprint density at radius 3 is 2.83 bits per heavy atom. The minimum absolute atomic E-state index is 0.0971. The van der Waals surface area contributed by atoms with E-state index in [1.165, 1.54) is 0 Å².